The summed E-state index contributed by atoms with van der Waals surface area (Å²) in [4.78, 5) is 28.5. The minimum atomic E-state index is -0.582. The first-order chi connectivity index (χ1) is 14.3. The van der Waals surface area contributed by atoms with Crippen LogP contribution in [0, 0.1) is 18.2 Å². The Morgan fingerprint density at radius 3 is 2.50 bits per heavy atom. The van der Waals surface area contributed by atoms with Gasteiger partial charge in [-0.1, -0.05) is 11.6 Å². The van der Waals surface area contributed by atoms with Crippen LogP contribution in [0.4, 0.5) is 4.39 Å². The molecule has 0 radical (unpaired) electrons. The van der Waals surface area contributed by atoms with Crippen LogP contribution in [-0.4, -0.2) is 35.4 Å². The molecule has 3 saturated carbocycles. The zero-order chi connectivity index (χ0) is 21.4. The highest BCUT2D eigenvalue weighted by molar-refractivity contribution is 6.30. The third-order valence-corrected chi connectivity index (χ3v) is 5.97. The Morgan fingerprint density at radius 2 is 1.83 bits per heavy atom. The van der Waals surface area contributed by atoms with E-state index in [9.17, 15) is 14.0 Å². The highest BCUT2D eigenvalue weighted by Gasteiger charge is 2.68. The van der Waals surface area contributed by atoms with Gasteiger partial charge in [0, 0.05) is 23.7 Å². The second kappa shape index (κ2) is 7.87. The number of ether oxygens (including phenoxy) is 2. The van der Waals surface area contributed by atoms with E-state index in [1.807, 2.05) is 13.0 Å². The lowest BCUT2D eigenvalue weighted by atomic mass is 9.38. The van der Waals surface area contributed by atoms with E-state index in [0.29, 0.717) is 12.2 Å². The smallest absolute Gasteiger partial charge is 0.258 e. The molecule has 158 valence electrons. The summed E-state index contributed by atoms with van der Waals surface area (Å²) in [6, 6.07) is 7.68. The molecule has 5 rings (SSSR count). The van der Waals surface area contributed by atoms with Gasteiger partial charge in [0.1, 0.15) is 23.9 Å². The molecule has 1 aromatic carbocycles. The van der Waals surface area contributed by atoms with E-state index in [1.54, 1.807) is 12.3 Å². The largest absolute Gasteiger partial charge is 0.486 e. The molecule has 1 amide bonds. The van der Waals surface area contributed by atoms with Gasteiger partial charge >= 0.3 is 0 Å². The molecule has 0 saturated heterocycles. The summed E-state index contributed by atoms with van der Waals surface area (Å²) in [5.74, 6) is 0.0242. The van der Waals surface area contributed by atoms with Gasteiger partial charge in [0.05, 0.1) is 11.2 Å². The quantitative estimate of drug-likeness (QED) is 0.654. The maximum Gasteiger partial charge on any atom is 0.258 e. The van der Waals surface area contributed by atoms with Gasteiger partial charge in [-0.2, -0.15) is 0 Å². The fraction of sp³-hybridized carbons (Fsp3) is 0.409. The summed E-state index contributed by atoms with van der Waals surface area (Å²) in [6.07, 6.45) is 4.31. The van der Waals surface area contributed by atoms with Gasteiger partial charge in [0.2, 0.25) is 0 Å². The van der Waals surface area contributed by atoms with Crippen LogP contribution in [0.3, 0.4) is 0 Å². The molecule has 3 fully saturated rings. The van der Waals surface area contributed by atoms with Gasteiger partial charge in [-0.15, -0.1) is 0 Å². The maximum absolute atomic E-state index is 13.4. The molecular weight excluding hydrogens is 411 g/mol. The first-order valence-electron chi connectivity index (χ1n) is 9.73. The van der Waals surface area contributed by atoms with E-state index in [-0.39, 0.29) is 46.6 Å². The fourth-order valence-corrected chi connectivity index (χ4v) is 4.66. The SMILES string of the molecule is Cc1ccc(OCC(=O)NC23CC(CC(=O)COc4ccc(Cl)c(F)c4)(C2)C3)cn1. The maximum atomic E-state index is 13.4. The number of aryl methyl sites for hydroxylation is 1. The molecule has 1 heterocycles. The molecule has 3 aliphatic rings. The normalized spacial score (nSPS) is 23.7. The number of nitrogens with zero attached hydrogens (tertiary/aromatic N) is 1. The van der Waals surface area contributed by atoms with Crippen LogP contribution in [0.2, 0.25) is 5.02 Å². The van der Waals surface area contributed by atoms with Crippen molar-refractivity contribution in [3.05, 3.63) is 53.1 Å². The highest BCUT2D eigenvalue weighted by Crippen LogP contribution is 2.68. The molecule has 0 spiro atoms. The Hall–Kier alpha value is -2.67. The van der Waals surface area contributed by atoms with E-state index in [0.717, 1.165) is 31.0 Å². The van der Waals surface area contributed by atoms with E-state index < -0.39 is 5.82 Å². The van der Waals surface area contributed by atoms with Crippen LogP contribution in [-0.2, 0) is 9.59 Å². The summed E-state index contributed by atoms with van der Waals surface area (Å²) >= 11 is 5.63. The number of nitrogens with one attached hydrogen (secondary N) is 1. The standard InChI is InChI=1S/C22H22ClFN2O4/c1-14-2-3-17(8-25-14)30-10-20(28)26-22-11-21(12-22,13-22)7-15(27)9-29-16-4-5-18(23)19(24)6-16/h2-6,8H,7,9-13H2,1H3,(H,26,28). The van der Waals surface area contributed by atoms with Crippen LogP contribution in [0.25, 0.3) is 0 Å². The fourth-order valence-electron chi connectivity index (χ4n) is 4.54. The molecule has 1 aromatic heterocycles. The number of Topliss-reactive ketones (excluding diaryl/α,β-unsaturated/α-hetero) is 1. The van der Waals surface area contributed by atoms with E-state index >= 15 is 0 Å². The second-order valence-electron chi connectivity index (χ2n) is 8.36. The zero-order valence-electron chi connectivity index (χ0n) is 16.5. The summed E-state index contributed by atoms with van der Waals surface area (Å²) < 4.78 is 24.2. The number of ketones is 1. The van der Waals surface area contributed by atoms with Crippen LogP contribution >= 0.6 is 11.6 Å². The number of amides is 1. The molecule has 1 N–H and O–H groups in total. The number of rotatable bonds is 9. The summed E-state index contributed by atoms with van der Waals surface area (Å²) in [5, 5.41) is 3.04. The average molecular weight is 433 g/mol. The topological polar surface area (TPSA) is 77.5 Å². The van der Waals surface area contributed by atoms with Crippen molar-refractivity contribution < 1.29 is 23.5 Å². The molecule has 0 atom stereocenters. The number of halogens is 2. The number of carbonyl (C=O) groups is 2. The van der Waals surface area contributed by atoms with Crippen molar-refractivity contribution in [2.45, 2.75) is 38.1 Å². The second-order valence-corrected chi connectivity index (χ2v) is 8.77. The van der Waals surface area contributed by atoms with Crippen LogP contribution in [0.1, 0.15) is 31.4 Å². The molecule has 0 unspecified atom stereocenters. The number of hydrogen-bond acceptors (Lipinski definition) is 5. The lowest BCUT2D eigenvalue weighted by Gasteiger charge is -2.70. The van der Waals surface area contributed by atoms with Gasteiger partial charge in [0.25, 0.3) is 5.91 Å². The number of hydrogen-bond donors (Lipinski definition) is 1. The summed E-state index contributed by atoms with van der Waals surface area (Å²) in [7, 11) is 0. The van der Waals surface area contributed by atoms with Crippen molar-refractivity contribution >= 4 is 23.3 Å². The average Bonchev–Trinajstić information content (AvgIpc) is 2.66. The first-order valence-corrected chi connectivity index (χ1v) is 10.1. The van der Waals surface area contributed by atoms with Gasteiger partial charge in [0.15, 0.2) is 12.4 Å². The van der Waals surface area contributed by atoms with Gasteiger partial charge < -0.3 is 14.8 Å². The predicted molar refractivity (Wildman–Crippen MR) is 108 cm³/mol. The Balaban J connectivity index is 1.17. The highest BCUT2D eigenvalue weighted by atomic mass is 35.5. The van der Waals surface area contributed by atoms with Crippen molar-refractivity contribution in [1.82, 2.24) is 10.3 Å². The molecule has 6 nitrogen and oxygen atoms in total. The van der Waals surface area contributed by atoms with Crippen LogP contribution < -0.4 is 14.8 Å². The Morgan fingerprint density at radius 1 is 1.13 bits per heavy atom. The van der Waals surface area contributed by atoms with Crippen molar-refractivity contribution in [3.8, 4) is 11.5 Å². The molecule has 30 heavy (non-hydrogen) atoms. The van der Waals surface area contributed by atoms with Crippen molar-refractivity contribution in [3.63, 3.8) is 0 Å². The van der Waals surface area contributed by atoms with E-state index in [1.165, 1.54) is 12.1 Å². The lowest BCUT2D eigenvalue weighted by Crippen LogP contribution is -2.75. The zero-order valence-corrected chi connectivity index (χ0v) is 17.3. The number of benzene rings is 1. The van der Waals surface area contributed by atoms with Crippen molar-refractivity contribution in [1.29, 1.82) is 0 Å². The third kappa shape index (κ3) is 4.41. The van der Waals surface area contributed by atoms with Crippen LogP contribution in [0.15, 0.2) is 36.5 Å². The minimum absolute atomic E-state index is 0.0100. The lowest BCUT2D eigenvalue weighted by molar-refractivity contribution is -0.173. The van der Waals surface area contributed by atoms with E-state index in [2.05, 4.69) is 10.3 Å². The van der Waals surface area contributed by atoms with Crippen LogP contribution in [0.5, 0.6) is 11.5 Å². The van der Waals surface area contributed by atoms with Gasteiger partial charge in [-0.25, -0.2) is 4.39 Å². The van der Waals surface area contributed by atoms with Gasteiger partial charge in [-0.3, -0.25) is 14.6 Å². The number of carbonyl (C=O) groups excluding carboxylic acids is 2. The number of aromatic nitrogens is 1. The van der Waals surface area contributed by atoms with Gasteiger partial charge in [-0.05, 0) is 55.9 Å². The molecule has 2 aromatic rings. The molecular formula is C22H22ClFN2O4. The predicted octanol–water partition coefficient (Wildman–Crippen LogP) is 3.64. The van der Waals surface area contributed by atoms with E-state index in [4.69, 9.17) is 21.1 Å². The summed E-state index contributed by atoms with van der Waals surface area (Å²) in [6.45, 7) is 1.70. The summed E-state index contributed by atoms with van der Waals surface area (Å²) in [5.41, 5.74) is 0.610. The number of pyridine rings is 1. The van der Waals surface area contributed by atoms with Crippen molar-refractivity contribution in [2.24, 2.45) is 5.41 Å². The Labute approximate surface area is 178 Å². The third-order valence-electron chi connectivity index (χ3n) is 5.66. The Bertz CT molecular complexity index is 960. The molecule has 3 aliphatic carbocycles. The Kier molecular flexibility index (Phi) is 5.40. The molecule has 0 aliphatic heterocycles. The minimum Gasteiger partial charge on any atom is -0.486 e. The monoisotopic (exact) mass is 432 g/mol. The molecule has 2 bridgehead atoms. The molecule has 8 heteroatoms. The first kappa shape index (κ1) is 20.6. The van der Waals surface area contributed by atoms with Crippen molar-refractivity contribution in [2.75, 3.05) is 13.2 Å².